The molecular weight excluding hydrogens is 320 g/mol. The lowest BCUT2D eigenvalue weighted by Crippen LogP contribution is -2.35. The first kappa shape index (κ1) is 21.3. The predicted molar refractivity (Wildman–Crippen MR) is 111 cm³/mol. The lowest BCUT2D eigenvalue weighted by atomic mass is 9.72. The second kappa shape index (κ2) is 8.78. The van der Waals surface area contributed by atoms with E-state index < -0.39 is 0 Å². The first-order valence-electron chi connectivity index (χ1n) is 10.5. The Morgan fingerprint density at radius 1 is 0.923 bits per heavy atom. The molecule has 0 radical (unpaired) electrons. The summed E-state index contributed by atoms with van der Waals surface area (Å²) in [5, 5.41) is 0. The van der Waals surface area contributed by atoms with Gasteiger partial charge in [0.05, 0.1) is 6.10 Å². The molecule has 1 aromatic rings. The summed E-state index contributed by atoms with van der Waals surface area (Å²) in [4.78, 5) is 0. The van der Waals surface area contributed by atoms with Crippen molar-refractivity contribution in [2.24, 2.45) is 16.7 Å². The maximum Gasteiger partial charge on any atom is 0.200 e. The van der Waals surface area contributed by atoms with Gasteiger partial charge in [0.25, 0.3) is 0 Å². The Kier molecular flexibility index (Phi) is 7.19. The average molecular weight is 361 g/mol. The Morgan fingerprint density at radius 2 is 1.50 bits per heavy atom. The van der Waals surface area contributed by atoms with Crippen LogP contribution in [0.5, 0.6) is 5.75 Å². The summed E-state index contributed by atoms with van der Waals surface area (Å²) >= 11 is 0. The first-order chi connectivity index (χ1) is 12.1. The number of ether oxygens (including phenoxy) is 2. The van der Waals surface area contributed by atoms with E-state index in [2.05, 4.69) is 72.7 Å². The van der Waals surface area contributed by atoms with Crippen LogP contribution in [0.1, 0.15) is 86.1 Å². The molecule has 2 nitrogen and oxygen atoms in total. The fraction of sp³-hybridized carbons (Fsp3) is 0.750. The monoisotopic (exact) mass is 360 g/mol. The van der Waals surface area contributed by atoms with Crippen molar-refractivity contribution in [1.82, 2.24) is 0 Å². The number of hydrogen-bond donors (Lipinski definition) is 0. The molecule has 148 valence electrons. The second-order valence-electron chi connectivity index (χ2n) is 10.3. The minimum Gasteiger partial charge on any atom is -0.465 e. The highest BCUT2D eigenvalue weighted by Gasteiger charge is 2.32. The number of rotatable bonds is 6. The molecule has 2 heteroatoms. The molecule has 0 aliphatic heterocycles. The second-order valence-corrected chi connectivity index (χ2v) is 10.3. The lowest BCUT2D eigenvalue weighted by molar-refractivity contribution is -0.147. The molecule has 1 atom stereocenters. The number of aryl methyl sites for hydroxylation is 1. The molecule has 26 heavy (non-hydrogen) atoms. The summed E-state index contributed by atoms with van der Waals surface area (Å²) in [6, 6.07) is 8.46. The summed E-state index contributed by atoms with van der Waals surface area (Å²) in [7, 11) is 0. The van der Waals surface area contributed by atoms with E-state index in [0.717, 1.165) is 37.4 Å². The van der Waals surface area contributed by atoms with Gasteiger partial charge in [-0.3, -0.25) is 0 Å². The van der Waals surface area contributed by atoms with Crippen LogP contribution in [0.15, 0.2) is 24.3 Å². The zero-order valence-corrected chi connectivity index (χ0v) is 18.1. The van der Waals surface area contributed by atoms with Crippen LogP contribution in [0.2, 0.25) is 0 Å². The van der Waals surface area contributed by atoms with Crippen LogP contribution in [-0.4, -0.2) is 12.4 Å². The topological polar surface area (TPSA) is 18.5 Å². The zero-order valence-electron chi connectivity index (χ0n) is 18.1. The minimum atomic E-state index is -0.168. The largest absolute Gasteiger partial charge is 0.465 e. The van der Waals surface area contributed by atoms with Crippen LogP contribution in [0.4, 0.5) is 0 Å². The van der Waals surface area contributed by atoms with Gasteiger partial charge < -0.3 is 9.47 Å². The van der Waals surface area contributed by atoms with E-state index in [0.29, 0.717) is 11.5 Å². The summed E-state index contributed by atoms with van der Waals surface area (Å²) in [6.45, 7) is 16.0. The summed E-state index contributed by atoms with van der Waals surface area (Å²) in [5.41, 5.74) is 1.93. The van der Waals surface area contributed by atoms with Crippen molar-refractivity contribution in [3.05, 3.63) is 29.8 Å². The van der Waals surface area contributed by atoms with Crippen molar-refractivity contribution in [3.63, 3.8) is 0 Å². The van der Waals surface area contributed by atoms with Gasteiger partial charge in [-0.1, -0.05) is 60.6 Å². The normalized spacial score (nSPS) is 22.9. The molecule has 1 aliphatic rings. The van der Waals surface area contributed by atoms with Gasteiger partial charge in [0.15, 0.2) is 0 Å². The van der Waals surface area contributed by atoms with Crippen molar-refractivity contribution in [3.8, 4) is 5.75 Å². The third-order valence-corrected chi connectivity index (χ3v) is 5.62. The van der Waals surface area contributed by atoms with Crippen LogP contribution in [-0.2, 0) is 11.2 Å². The summed E-state index contributed by atoms with van der Waals surface area (Å²) in [6.07, 6.45) is 6.96. The van der Waals surface area contributed by atoms with E-state index in [-0.39, 0.29) is 11.7 Å². The van der Waals surface area contributed by atoms with Crippen molar-refractivity contribution in [2.45, 2.75) is 99.4 Å². The van der Waals surface area contributed by atoms with Crippen molar-refractivity contribution >= 4 is 0 Å². The van der Waals surface area contributed by atoms with Crippen molar-refractivity contribution in [1.29, 1.82) is 0 Å². The molecule has 1 aromatic carbocycles. The first-order valence-corrected chi connectivity index (χ1v) is 10.5. The van der Waals surface area contributed by atoms with Crippen LogP contribution < -0.4 is 4.74 Å². The van der Waals surface area contributed by atoms with Gasteiger partial charge in [-0.2, -0.15) is 0 Å². The quantitative estimate of drug-likeness (QED) is 0.508. The van der Waals surface area contributed by atoms with Crippen LogP contribution in [0.3, 0.4) is 0 Å². The van der Waals surface area contributed by atoms with Gasteiger partial charge in [-0.15, -0.1) is 0 Å². The number of benzene rings is 1. The van der Waals surface area contributed by atoms with Gasteiger partial charge in [0, 0.05) is 6.42 Å². The Morgan fingerprint density at radius 3 is 1.96 bits per heavy atom. The zero-order chi connectivity index (χ0) is 19.4. The maximum atomic E-state index is 6.47. The predicted octanol–water partition coefficient (Wildman–Crippen LogP) is 7.01. The Balaban J connectivity index is 1.96. The van der Waals surface area contributed by atoms with E-state index in [1.807, 2.05) is 0 Å². The standard InChI is InChI=1S/C24H40O2/c1-8-18-9-13-20(14-10-18)25-22(17-23(2,3)4)26-21-15-11-19(12-16-21)24(5,6)7/h9-10,13-14,19,21-22H,8,11-12,15-17H2,1-7H3. The summed E-state index contributed by atoms with van der Waals surface area (Å²) in [5.74, 6) is 1.73. The molecule has 0 spiro atoms. The van der Waals surface area contributed by atoms with Gasteiger partial charge in [-0.05, 0) is 66.5 Å². The van der Waals surface area contributed by atoms with Gasteiger partial charge in [0.1, 0.15) is 5.75 Å². The van der Waals surface area contributed by atoms with Crippen LogP contribution >= 0.6 is 0 Å². The maximum absolute atomic E-state index is 6.47. The molecule has 1 saturated carbocycles. The molecule has 1 unspecified atom stereocenters. The van der Waals surface area contributed by atoms with Gasteiger partial charge in [-0.25, -0.2) is 0 Å². The molecule has 0 bridgehead atoms. The molecule has 1 aliphatic carbocycles. The molecule has 0 amide bonds. The van der Waals surface area contributed by atoms with Crippen molar-refractivity contribution in [2.75, 3.05) is 0 Å². The van der Waals surface area contributed by atoms with E-state index in [9.17, 15) is 0 Å². The van der Waals surface area contributed by atoms with Gasteiger partial charge in [0.2, 0.25) is 6.29 Å². The average Bonchev–Trinajstić information content (AvgIpc) is 2.53. The van der Waals surface area contributed by atoms with E-state index in [1.165, 1.54) is 18.4 Å². The highest BCUT2D eigenvalue weighted by molar-refractivity contribution is 5.27. The minimum absolute atomic E-state index is 0.168. The molecule has 0 aromatic heterocycles. The van der Waals surface area contributed by atoms with E-state index in [1.54, 1.807) is 0 Å². The number of hydrogen-bond acceptors (Lipinski definition) is 2. The Bertz CT molecular complexity index is 525. The molecule has 0 N–H and O–H groups in total. The molecule has 2 rings (SSSR count). The van der Waals surface area contributed by atoms with Crippen molar-refractivity contribution < 1.29 is 9.47 Å². The summed E-state index contributed by atoms with van der Waals surface area (Å²) < 4.78 is 12.7. The highest BCUT2D eigenvalue weighted by atomic mass is 16.7. The Labute approximate surface area is 161 Å². The SMILES string of the molecule is CCc1ccc(OC(CC(C)(C)C)OC2CCC(C(C)(C)C)CC2)cc1. The molecule has 0 heterocycles. The Hall–Kier alpha value is -1.02. The fourth-order valence-corrected chi connectivity index (χ4v) is 3.85. The highest BCUT2D eigenvalue weighted by Crippen LogP contribution is 2.39. The third-order valence-electron chi connectivity index (χ3n) is 5.62. The third kappa shape index (κ3) is 6.95. The molecular formula is C24H40O2. The molecule has 1 fully saturated rings. The van der Waals surface area contributed by atoms with Gasteiger partial charge >= 0.3 is 0 Å². The van der Waals surface area contributed by atoms with E-state index in [4.69, 9.17) is 9.47 Å². The molecule has 0 saturated heterocycles. The smallest absolute Gasteiger partial charge is 0.200 e. The fourth-order valence-electron chi connectivity index (χ4n) is 3.85. The van der Waals surface area contributed by atoms with Crippen LogP contribution in [0.25, 0.3) is 0 Å². The van der Waals surface area contributed by atoms with Crippen LogP contribution in [0, 0.1) is 16.7 Å². The lowest BCUT2D eigenvalue weighted by Gasteiger charge is -2.38. The van der Waals surface area contributed by atoms with E-state index >= 15 is 0 Å².